The lowest BCUT2D eigenvalue weighted by atomic mass is 9.98. The normalized spacial score (nSPS) is 19.2. The van der Waals surface area contributed by atoms with Crippen LogP contribution in [0.25, 0.3) is 11.1 Å². The summed E-state index contributed by atoms with van der Waals surface area (Å²) in [5.74, 6) is -0.00387. The molecule has 5 rings (SSSR count). The number of carbonyl (C=O) groups excluding carboxylic acids is 1. The topological polar surface area (TPSA) is 114 Å². The van der Waals surface area contributed by atoms with E-state index in [0.717, 1.165) is 11.1 Å². The Labute approximate surface area is 189 Å². The fourth-order valence-electron chi connectivity index (χ4n) is 4.47. The quantitative estimate of drug-likeness (QED) is 0.551. The zero-order valence-corrected chi connectivity index (χ0v) is 18.0. The molecule has 1 aromatic heterocycles. The third-order valence-electron chi connectivity index (χ3n) is 6.15. The zero-order valence-electron chi connectivity index (χ0n) is 18.0. The number of H-pyrrole nitrogens is 1. The van der Waals surface area contributed by atoms with Gasteiger partial charge in [0.1, 0.15) is 6.61 Å². The summed E-state index contributed by atoms with van der Waals surface area (Å²) < 4.78 is 6.88. The Bertz CT molecular complexity index is 1270. The monoisotopic (exact) mass is 448 g/mol. The van der Waals surface area contributed by atoms with E-state index >= 15 is 0 Å². The van der Waals surface area contributed by atoms with Gasteiger partial charge < -0.3 is 10.1 Å². The van der Waals surface area contributed by atoms with Gasteiger partial charge in [0.2, 0.25) is 0 Å². The van der Waals surface area contributed by atoms with E-state index in [0.29, 0.717) is 12.0 Å². The fraction of sp³-hybridized carbons (Fsp3) is 0.292. The van der Waals surface area contributed by atoms with Gasteiger partial charge in [-0.15, -0.1) is 0 Å². The number of amides is 1. The average molecular weight is 448 g/mol. The van der Waals surface area contributed by atoms with Crippen molar-refractivity contribution >= 4 is 6.09 Å². The number of hydroxylamine groups is 1. The van der Waals surface area contributed by atoms with Crippen molar-refractivity contribution in [1.82, 2.24) is 20.3 Å². The van der Waals surface area contributed by atoms with Crippen LogP contribution in [-0.2, 0) is 9.57 Å². The number of hydrogen-bond donors (Lipinski definition) is 3. The number of rotatable bonds is 5. The van der Waals surface area contributed by atoms with Crippen molar-refractivity contribution in [2.45, 2.75) is 31.5 Å². The van der Waals surface area contributed by atoms with E-state index in [1.54, 1.807) is 6.92 Å². The van der Waals surface area contributed by atoms with E-state index in [1.807, 2.05) is 24.3 Å². The van der Waals surface area contributed by atoms with Gasteiger partial charge in [-0.2, -0.15) is 5.48 Å². The first-order valence-corrected chi connectivity index (χ1v) is 10.8. The summed E-state index contributed by atoms with van der Waals surface area (Å²) in [7, 11) is 0. The molecule has 1 amide bonds. The summed E-state index contributed by atoms with van der Waals surface area (Å²) in [6.07, 6.45) is 0.811. The standard InChI is InChI=1S/C24H24N4O5/c1-14-12-28(23(30)26-22(14)29)21-10-15(27-33-21)11-25-24(31)32-13-20-18-8-4-2-6-16(18)17-7-3-5-9-19(17)20/h2-9,12,15,20-21,27H,10-11,13H2,1H3,(H,25,31)(H,26,29,30)/t15-,21-/m0/s1. The molecular formula is C24H24N4O5. The molecule has 0 bridgehead atoms. The minimum atomic E-state index is -0.581. The Balaban J connectivity index is 1.16. The van der Waals surface area contributed by atoms with Crippen LogP contribution in [0.3, 0.4) is 0 Å². The highest BCUT2D eigenvalue weighted by atomic mass is 16.7. The Kier molecular flexibility index (Phi) is 5.57. The highest BCUT2D eigenvalue weighted by molar-refractivity contribution is 5.79. The number of aromatic amines is 1. The molecule has 1 aliphatic carbocycles. The van der Waals surface area contributed by atoms with Crippen LogP contribution in [-0.4, -0.2) is 34.8 Å². The molecule has 0 spiro atoms. The van der Waals surface area contributed by atoms with E-state index < -0.39 is 23.6 Å². The number of aryl methyl sites for hydroxylation is 1. The van der Waals surface area contributed by atoms with Gasteiger partial charge in [-0.05, 0) is 29.2 Å². The SMILES string of the molecule is Cc1cn([C@@H]2C[C@@H](CNC(=O)OCC3c4ccccc4-c4ccccc43)NO2)c(=O)[nH]c1=O. The number of hydrogen-bond acceptors (Lipinski definition) is 6. The van der Waals surface area contributed by atoms with Gasteiger partial charge in [0.05, 0.1) is 6.04 Å². The van der Waals surface area contributed by atoms with Gasteiger partial charge in [0, 0.05) is 30.6 Å². The number of carbonyl (C=O) groups is 1. The van der Waals surface area contributed by atoms with Crippen LogP contribution < -0.4 is 22.0 Å². The molecule has 0 radical (unpaired) electrons. The van der Waals surface area contributed by atoms with E-state index in [2.05, 4.69) is 40.0 Å². The van der Waals surface area contributed by atoms with Gasteiger partial charge in [0.15, 0.2) is 6.23 Å². The molecule has 9 nitrogen and oxygen atoms in total. The Morgan fingerprint density at radius 1 is 1.12 bits per heavy atom. The molecule has 1 saturated heterocycles. The van der Waals surface area contributed by atoms with Crippen LogP contribution in [0, 0.1) is 6.92 Å². The average Bonchev–Trinajstić information content (AvgIpc) is 3.41. The van der Waals surface area contributed by atoms with Gasteiger partial charge in [-0.1, -0.05) is 48.5 Å². The minimum absolute atomic E-state index is 0.00387. The van der Waals surface area contributed by atoms with E-state index in [1.165, 1.54) is 21.9 Å². The summed E-state index contributed by atoms with van der Waals surface area (Å²) in [5.41, 5.74) is 6.94. The number of alkyl carbamates (subject to hydrolysis) is 1. The van der Waals surface area contributed by atoms with E-state index in [9.17, 15) is 14.4 Å². The smallest absolute Gasteiger partial charge is 0.407 e. The highest BCUT2D eigenvalue weighted by Crippen LogP contribution is 2.44. The molecule has 2 aromatic carbocycles. The van der Waals surface area contributed by atoms with Crippen LogP contribution in [0.2, 0.25) is 0 Å². The molecular weight excluding hydrogens is 424 g/mol. The second-order valence-corrected chi connectivity index (χ2v) is 8.31. The number of nitrogens with one attached hydrogen (secondary N) is 3. The van der Waals surface area contributed by atoms with Crippen molar-refractivity contribution in [3.8, 4) is 11.1 Å². The van der Waals surface area contributed by atoms with Crippen LogP contribution >= 0.6 is 0 Å². The van der Waals surface area contributed by atoms with Crippen LogP contribution in [0.5, 0.6) is 0 Å². The van der Waals surface area contributed by atoms with Crippen LogP contribution in [0.1, 0.15) is 35.3 Å². The molecule has 0 unspecified atom stereocenters. The minimum Gasteiger partial charge on any atom is -0.449 e. The molecule has 2 heterocycles. The number of ether oxygens (including phenoxy) is 1. The zero-order chi connectivity index (χ0) is 22.9. The second-order valence-electron chi connectivity index (χ2n) is 8.31. The van der Waals surface area contributed by atoms with Gasteiger partial charge in [0.25, 0.3) is 5.56 Å². The van der Waals surface area contributed by atoms with Gasteiger partial charge in [-0.25, -0.2) is 9.59 Å². The molecule has 3 N–H and O–H groups in total. The summed E-state index contributed by atoms with van der Waals surface area (Å²) in [5, 5.41) is 2.75. The third-order valence-corrected chi connectivity index (χ3v) is 6.15. The van der Waals surface area contributed by atoms with E-state index in [-0.39, 0.29) is 25.1 Å². The second kappa shape index (κ2) is 8.68. The molecule has 2 aliphatic rings. The Morgan fingerprint density at radius 2 is 1.79 bits per heavy atom. The van der Waals surface area contributed by atoms with Gasteiger partial charge in [-0.3, -0.25) is 19.2 Å². The first-order chi connectivity index (χ1) is 16.0. The van der Waals surface area contributed by atoms with Crippen LogP contribution in [0.15, 0.2) is 64.3 Å². The summed E-state index contributed by atoms with van der Waals surface area (Å²) in [6, 6.07) is 16.1. The largest absolute Gasteiger partial charge is 0.449 e. The van der Waals surface area contributed by atoms with E-state index in [4.69, 9.17) is 9.57 Å². The fourth-order valence-corrected chi connectivity index (χ4v) is 4.47. The molecule has 0 saturated carbocycles. The van der Waals surface area contributed by atoms with Crippen molar-refractivity contribution in [3.05, 3.63) is 92.3 Å². The maximum atomic E-state index is 12.4. The summed E-state index contributed by atoms with van der Waals surface area (Å²) in [4.78, 5) is 43.7. The van der Waals surface area contributed by atoms with Crippen molar-refractivity contribution in [2.24, 2.45) is 0 Å². The van der Waals surface area contributed by atoms with Gasteiger partial charge >= 0.3 is 11.8 Å². The molecule has 170 valence electrons. The number of fused-ring (bicyclic) bond motifs is 3. The lowest BCUT2D eigenvalue weighted by Gasteiger charge is -2.15. The Hall–Kier alpha value is -3.69. The lowest BCUT2D eigenvalue weighted by Crippen LogP contribution is -2.37. The van der Waals surface area contributed by atoms with Crippen LogP contribution in [0.4, 0.5) is 4.79 Å². The predicted octanol–water partition coefficient (Wildman–Crippen LogP) is 2.18. The van der Waals surface area contributed by atoms with Crippen molar-refractivity contribution in [1.29, 1.82) is 0 Å². The van der Waals surface area contributed by atoms with Crippen molar-refractivity contribution in [3.63, 3.8) is 0 Å². The molecule has 9 heteroatoms. The molecule has 2 atom stereocenters. The Morgan fingerprint density at radius 3 is 2.48 bits per heavy atom. The highest BCUT2D eigenvalue weighted by Gasteiger charge is 2.30. The molecule has 1 aliphatic heterocycles. The summed E-state index contributed by atoms with van der Waals surface area (Å²) >= 11 is 0. The number of aromatic nitrogens is 2. The molecule has 1 fully saturated rings. The maximum absolute atomic E-state index is 12.4. The lowest BCUT2D eigenvalue weighted by molar-refractivity contribution is -0.0171. The molecule has 3 aromatic rings. The predicted molar refractivity (Wildman–Crippen MR) is 121 cm³/mol. The first kappa shape index (κ1) is 21.2. The van der Waals surface area contributed by atoms with Crippen molar-refractivity contribution in [2.75, 3.05) is 13.2 Å². The first-order valence-electron chi connectivity index (χ1n) is 10.8. The number of nitrogens with zero attached hydrogens (tertiary/aromatic N) is 1. The maximum Gasteiger partial charge on any atom is 0.407 e. The third kappa shape index (κ3) is 4.08. The number of benzene rings is 2. The molecule has 33 heavy (non-hydrogen) atoms. The summed E-state index contributed by atoms with van der Waals surface area (Å²) in [6.45, 7) is 2.13. The van der Waals surface area contributed by atoms with Crippen molar-refractivity contribution < 1.29 is 14.4 Å².